The molecular formula is C66H50N4P2. The maximum atomic E-state index is 3.89. The average molecular weight is 961 g/mol. The van der Waals surface area contributed by atoms with Gasteiger partial charge in [0.25, 0.3) is 0 Å². The van der Waals surface area contributed by atoms with E-state index in [9.17, 15) is 0 Å². The van der Waals surface area contributed by atoms with E-state index in [4.69, 9.17) is 0 Å². The van der Waals surface area contributed by atoms with E-state index in [2.05, 4.69) is 278 Å². The summed E-state index contributed by atoms with van der Waals surface area (Å²) in [5.74, 6) is 0. The summed E-state index contributed by atoms with van der Waals surface area (Å²) in [5.41, 5.74) is 18.8. The third kappa shape index (κ3) is 9.30. The normalized spacial score (nSPS) is 11.3. The number of aromatic nitrogens is 2. The van der Waals surface area contributed by atoms with Crippen molar-refractivity contribution in [2.45, 2.75) is 0 Å². The van der Waals surface area contributed by atoms with Crippen LogP contribution in [0.4, 0.5) is 22.7 Å². The summed E-state index contributed by atoms with van der Waals surface area (Å²) in [6, 6.07) is 94.9. The van der Waals surface area contributed by atoms with Gasteiger partial charge in [-0.3, -0.25) is 0 Å². The number of para-hydroxylation sites is 4. The number of rotatable bonds is 10. The number of anilines is 4. The molecule has 0 bridgehead atoms. The smallest absolute Gasteiger partial charge is 0.0708 e. The van der Waals surface area contributed by atoms with Crippen molar-refractivity contribution in [3.05, 3.63) is 267 Å². The second-order valence-electron chi connectivity index (χ2n) is 18.0. The number of hydrogen-bond acceptors (Lipinski definition) is 2. The van der Waals surface area contributed by atoms with Crippen LogP contribution in [0.3, 0.4) is 0 Å². The Bertz CT molecular complexity index is 3860. The average Bonchev–Trinajstić information content (AvgIpc) is 4.01. The number of nitrogens with zero attached hydrogens (tertiary/aromatic N) is 1. The Hall–Kier alpha value is -8.52. The molecule has 13 rings (SSSR count). The van der Waals surface area contributed by atoms with Crippen molar-refractivity contribution in [1.82, 2.24) is 9.97 Å². The quantitative estimate of drug-likeness (QED) is 0.120. The van der Waals surface area contributed by atoms with Crippen molar-refractivity contribution >= 4 is 94.9 Å². The molecule has 6 heteroatoms. The van der Waals surface area contributed by atoms with Gasteiger partial charge in [0.2, 0.25) is 0 Å². The minimum Gasteiger partial charge on any atom is -0.354 e. The highest BCUT2D eigenvalue weighted by atomic mass is 31.1. The highest BCUT2D eigenvalue weighted by Crippen LogP contribution is 2.44. The third-order valence-corrected chi connectivity index (χ3v) is 14.8. The molecule has 11 aromatic carbocycles. The predicted molar refractivity (Wildman–Crippen MR) is 315 cm³/mol. The van der Waals surface area contributed by atoms with Crippen LogP contribution in [0.15, 0.2) is 267 Å². The van der Waals surface area contributed by atoms with E-state index in [1.807, 2.05) is 18.2 Å². The van der Waals surface area contributed by atoms with Gasteiger partial charge in [-0.15, -0.1) is 9.24 Å². The standard InChI is InChI=1S/C48H35N4P.C18H15P/c1-5-15-32(16-6-1)34-27-35(33-17-7-2-8-18-33)29-38(28-34)53-52(37-21-11-4-12-22-37)46-26-14-24-40-42-31-44-41(30-45(42)51-48(40)46)39-23-13-25-43(47(39)50-44)49-36-19-9-3-10-20-36;19-18-12-16(14-7-3-1-4-8-14)11-17(13-18)15-9-5-2-6-10-15/h1-31,49-51,53H;1-13H,19H2. The summed E-state index contributed by atoms with van der Waals surface area (Å²) in [7, 11) is 3.14. The zero-order valence-electron chi connectivity index (χ0n) is 39.4. The lowest BCUT2D eigenvalue weighted by atomic mass is 9.99. The second kappa shape index (κ2) is 20.1. The van der Waals surface area contributed by atoms with E-state index >= 15 is 0 Å². The van der Waals surface area contributed by atoms with Gasteiger partial charge >= 0.3 is 0 Å². The molecule has 3 N–H and O–H groups in total. The van der Waals surface area contributed by atoms with Crippen molar-refractivity contribution in [3.63, 3.8) is 0 Å². The van der Waals surface area contributed by atoms with Gasteiger partial charge in [-0.05, 0) is 140 Å². The van der Waals surface area contributed by atoms with E-state index in [1.165, 1.54) is 76.7 Å². The summed E-state index contributed by atoms with van der Waals surface area (Å²) in [6.45, 7) is 0. The fraction of sp³-hybridized carbons (Fsp3) is 0. The van der Waals surface area contributed by atoms with Gasteiger partial charge in [0.05, 0.1) is 22.4 Å². The molecule has 13 aromatic rings. The summed E-state index contributed by atoms with van der Waals surface area (Å²) in [5, 5.41) is 10.9. The molecule has 2 aromatic heterocycles. The lowest BCUT2D eigenvalue weighted by Crippen LogP contribution is -2.12. The van der Waals surface area contributed by atoms with E-state index in [1.54, 1.807) is 0 Å². The summed E-state index contributed by atoms with van der Waals surface area (Å²) < 4.78 is 2.47. The van der Waals surface area contributed by atoms with Crippen LogP contribution in [0.1, 0.15) is 0 Å². The van der Waals surface area contributed by atoms with Crippen molar-refractivity contribution in [2.24, 2.45) is 0 Å². The molecule has 0 aliphatic heterocycles. The second-order valence-corrected chi connectivity index (χ2v) is 19.9. The van der Waals surface area contributed by atoms with Crippen LogP contribution in [0.5, 0.6) is 0 Å². The first kappa shape index (κ1) is 44.7. The molecule has 0 aliphatic carbocycles. The van der Waals surface area contributed by atoms with E-state index < -0.39 is 0 Å². The lowest BCUT2D eigenvalue weighted by molar-refractivity contribution is 1.42. The van der Waals surface area contributed by atoms with Crippen LogP contribution in [-0.2, 0) is 0 Å². The Morgan fingerprint density at radius 1 is 0.347 bits per heavy atom. The number of nitrogens with one attached hydrogen (secondary N) is 3. The van der Waals surface area contributed by atoms with Crippen LogP contribution < -0.4 is 20.6 Å². The molecule has 72 heavy (non-hydrogen) atoms. The Kier molecular flexibility index (Phi) is 12.5. The van der Waals surface area contributed by atoms with Gasteiger partial charge in [0.15, 0.2) is 0 Å². The summed E-state index contributed by atoms with van der Waals surface area (Å²) in [6.07, 6.45) is 0. The van der Waals surface area contributed by atoms with E-state index in [0.717, 1.165) is 44.8 Å². The molecule has 344 valence electrons. The molecule has 4 nitrogen and oxygen atoms in total. The minimum absolute atomic E-state index is 0.346. The molecule has 0 saturated heterocycles. The Labute approximate surface area is 424 Å². The summed E-state index contributed by atoms with van der Waals surface area (Å²) in [4.78, 5) is 7.65. The topological polar surface area (TPSA) is 46.9 Å². The van der Waals surface area contributed by atoms with Gasteiger partial charge in [-0.2, -0.15) is 0 Å². The fourth-order valence-electron chi connectivity index (χ4n) is 9.80. The number of H-pyrrole nitrogens is 2. The number of hydrogen-bond donors (Lipinski definition) is 3. The van der Waals surface area contributed by atoms with Crippen molar-refractivity contribution < 1.29 is 0 Å². The molecule has 0 spiro atoms. The molecule has 2 atom stereocenters. The molecule has 2 heterocycles. The molecule has 0 aliphatic rings. The Morgan fingerprint density at radius 2 is 0.764 bits per heavy atom. The Morgan fingerprint density at radius 3 is 1.26 bits per heavy atom. The van der Waals surface area contributed by atoms with Crippen LogP contribution in [0.2, 0.25) is 0 Å². The van der Waals surface area contributed by atoms with Crippen molar-refractivity contribution in [1.29, 1.82) is 0 Å². The van der Waals surface area contributed by atoms with Crippen LogP contribution in [0, 0.1) is 0 Å². The SMILES string of the molecule is Pc1cc(-c2ccccc2)cc(-c2ccccc2)c1.c1ccc(Nc2cccc3c2[nH]c2cc4c(cc23)[nH]c2c(N(Pc3cc(-c5ccccc5)cc(-c5ccccc5)c3)c3ccccc3)cccc24)cc1. The zero-order valence-corrected chi connectivity index (χ0v) is 41.6. The first-order valence-electron chi connectivity index (χ1n) is 24.3. The van der Waals surface area contributed by atoms with Gasteiger partial charge in [0, 0.05) is 52.7 Å². The monoisotopic (exact) mass is 960 g/mol. The number of aromatic amines is 2. The first-order valence-corrected chi connectivity index (χ1v) is 25.8. The molecular weight excluding hydrogens is 911 g/mol. The van der Waals surface area contributed by atoms with Gasteiger partial charge in [0.1, 0.15) is 0 Å². The molecule has 0 amide bonds. The highest BCUT2D eigenvalue weighted by Gasteiger charge is 2.19. The number of benzene rings is 11. The highest BCUT2D eigenvalue weighted by molar-refractivity contribution is 7.49. The van der Waals surface area contributed by atoms with Gasteiger partial charge < -0.3 is 20.0 Å². The maximum Gasteiger partial charge on any atom is 0.0708 e. The van der Waals surface area contributed by atoms with Gasteiger partial charge in [-0.25, -0.2) is 0 Å². The largest absolute Gasteiger partial charge is 0.354 e. The van der Waals surface area contributed by atoms with Crippen LogP contribution >= 0.6 is 18.0 Å². The first-order chi connectivity index (χ1) is 35.6. The van der Waals surface area contributed by atoms with Crippen LogP contribution in [0.25, 0.3) is 88.1 Å². The molecule has 2 unspecified atom stereocenters. The number of fused-ring (bicyclic) bond motifs is 6. The Balaban J connectivity index is 0.000000234. The third-order valence-electron chi connectivity index (χ3n) is 13.2. The maximum absolute atomic E-state index is 3.89. The minimum atomic E-state index is 0.346. The molecule has 0 fully saturated rings. The van der Waals surface area contributed by atoms with E-state index in [0.29, 0.717) is 8.73 Å². The fourth-order valence-corrected chi connectivity index (χ4v) is 11.4. The van der Waals surface area contributed by atoms with Crippen molar-refractivity contribution in [3.8, 4) is 44.5 Å². The lowest BCUT2D eigenvalue weighted by Gasteiger charge is -2.26. The van der Waals surface area contributed by atoms with E-state index in [-0.39, 0.29) is 0 Å². The zero-order chi connectivity index (χ0) is 48.2. The molecule has 0 radical (unpaired) electrons. The van der Waals surface area contributed by atoms with Crippen molar-refractivity contribution in [2.75, 3.05) is 9.99 Å². The predicted octanol–water partition coefficient (Wildman–Crippen LogP) is 17.6. The van der Waals surface area contributed by atoms with Crippen LogP contribution in [-0.4, -0.2) is 9.97 Å². The summed E-state index contributed by atoms with van der Waals surface area (Å²) >= 11 is 0. The molecule has 0 saturated carbocycles. The van der Waals surface area contributed by atoms with Gasteiger partial charge in [-0.1, -0.05) is 182 Å².